The van der Waals surface area contributed by atoms with Crippen molar-refractivity contribution >= 4 is 5.69 Å². The molecule has 0 saturated carbocycles. The molecule has 0 bridgehead atoms. The molecule has 1 unspecified atom stereocenters. The summed E-state index contributed by atoms with van der Waals surface area (Å²) in [6, 6.07) is 8.90. The minimum absolute atomic E-state index is 0.588. The zero-order valence-electron chi connectivity index (χ0n) is 10.8. The number of hydrogen-bond donors (Lipinski definition) is 1. The van der Waals surface area contributed by atoms with Gasteiger partial charge in [-0.1, -0.05) is 25.5 Å². The van der Waals surface area contributed by atoms with Crippen molar-refractivity contribution in [1.29, 1.82) is 0 Å². The first-order valence-corrected chi connectivity index (χ1v) is 6.47. The first-order chi connectivity index (χ1) is 8.36. The Kier molecular flexibility index (Phi) is 4.26. The van der Waals surface area contributed by atoms with Gasteiger partial charge in [0, 0.05) is 25.7 Å². The molecule has 94 valence electrons. The Morgan fingerprint density at radius 2 is 2.24 bits per heavy atom. The Labute approximate surface area is 104 Å². The third-order valence-electron chi connectivity index (χ3n) is 3.37. The summed E-state index contributed by atoms with van der Waals surface area (Å²) in [5.74, 6) is 0.982. The lowest BCUT2D eigenvalue weighted by Gasteiger charge is -2.38. The van der Waals surface area contributed by atoms with Crippen molar-refractivity contribution < 1.29 is 4.74 Å². The van der Waals surface area contributed by atoms with Crippen LogP contribution in [0.5, 0.6) is 5.75 Å². The molecular formula is C14H22N2O. The monoisotopic (exact) mass is 234 g/mol. The molecule has 0 amide bonds. The van der Waals surface area contributed by atoms with E-state index in [0.29, 0.717) is 6.04 Å². The van der Waals surface area contributed by atoms with Gasteiger partial charge in [0.05, 0.1) is 12.8 Å². The van der Waals surface area contributed by atoms with Crippen molar-refractivity contribution in [2.45, 2.75) is 25.8 Å². The maximum Gasteiger partial charge on any atom is 0.142 e. The molecule has 3 heteroatoms. The summed E-state index contributed by atoms with van der Waals surface area (Å²) in [5.41, 5.74) is 1.23. The van der Waals surface area contributed by atoms with Crippen molar-refractivity contribution in [1.82, 2.24) is 5.32 Å². The van der Waals surface area contributed by atoms with Gasteiger partial charge in [-0.3, -0.25) is 0 Å². The number of piperazine rings is 1. The summed E-state index contributed by atoms with van der Waals surface area (Å²) in [4.78, 5) is 2.48. The first-order valence-electron chi connectivity index (χ1n) is 6.47. The van der Waals surface area contributed by atoms with Crippen LogP contribution in [-0.4, -0.2) is 32.8 Å². The van der Waals surface area contributed by atoms with Crippen molar-refractivity contribution in [3.8, 4) is 5.75 Å². The highest BCUT2D eigenvalue weighted by atomic mass is 16.5. The van der Waals surface area contributed by atoms with Gasteiger partial charge in [-0.25, -0.2) is 0 Å². The molecule has 2 rings (SSSR count). The molecule has 1 aliphatic heterocycles. The van der Waals surface area contributed by atoms with E-state index >= 15 is 0 Å². The van der Waals surface area contributed by atoms with Crippen LogP contribution >= 0.6 is 0 Å². The Morgan fingerprint density at radius 3 is 3.00 bits per heavy atom. The number of para-hydroxylation sites is 2. The van der Waals surface area contributed by atoms with Crippen LogP contribution in [0.15, 0.2) is 24.3 Å². The molecule has 1 aromatic rings. The van der Waals surface area contributed by atoms with Gasteiger partial charge < -0.3 is 15.0 Å². The number of nitrogens with one attached hydrogen (secondary N) is 1. The fourth-order valence-electron chi connectivity index (χ4n) is 2.54. The van der Waals surface area contributed by atoms with E-state index in [-0.39, 0.29) is 0 Å². The summed E-state index contributed by atoms with van der Waals surface area (Å²) in [6.07, 6.45) is 2.45. The van der Waals surface area contributed by atoms with Gasteiger partial charge in [0.15, 0.2) is 0 Å². The molecule has 0 radical (unpaired) electrons. The van der Waals surface area contributed by atoms with Crippen LogP contribution in [0.25, 0.3) is 0 Å². The van der Waals surface area contributed by atoms with Crippen LogP contribution in [0.1, 0.15) is 19.8 Å². The Hall–Kier alpha value is -1.22. The second-order valence-corrected chi connectivity index (χ2v) is 4.51. The summed E-state index contributed by atoms with van der Waals surface area (Å²) >= 11 is 0. The molecule has 1 saturated heterocycles. The minimum atomic E-state index is 0.588. The van der Waals surface area contributed by atoms with Crippen LogP contribution in [0.4, 0.5) is 5.69 Å². The highest BCUT2D eigenvalue weighted by Gasteiger charge is 2.23. The minimum Gasteiger partial charge on any atom is -0.495 e. The van der Waals surface area contributed by atoms with E-state index in [9.17, 15) is 0 Å². The molecule has 1 atom stereocenters. The first kappa shape index (κ1) is 12.2. The number of ether oxygens (including phenoxy) is 1. The van der Waals surface area contributed by atoms with Gasteiger partial charge in [-0.15, -0.1) is 0 Å². The molecule has 1 heterocycles. The van der Waals surface area contributed by atoms with Gasteiger partial charge >= 0.3 is 0 Å². The van der Waals surface area contributed by atoms with Crippen molar-refractivity contribution in [2.24, 2.45) is 0 Å². The van der Waals surface area contributed by atoms with Crippen LogP contribution in [-0.2, 0) is 0 Å². The number of rotatable bonds is 4. The zero-order chi connectivity index (χ0) is 12.1. The topological polar surface area (TPSA) is 24.5 Å². The lowest BCUT2D eigenvalue weighted by molar-refractivity contribution is 0.403. The molecule has 1 aromatic carbocycles. The van der Waals surface area contributed by atoms with Crippen LogP contribution in [0.3, 0.4) is 0 Å². The van der Waals surface area contributed by atoms with Crippen molar-refractivity contribution in [3.63, 3.8) is 0 Å². The number of nitrogens with zero attached hydrogens (tertiary/aromatic N) is 1. The third-order valence-corrected chi connectivity index (χ3v) is 3.37. The number of hydrogen-bond acceptors (Lipinski definition) is 3. The van der Waals surface area contributed by atoms with E-state index in [2.05, 4.69) is 29.3 Å². The average Bonchev–Trinajstić information content (AvgIpc) is 2.40. The second-order valence-electron chi connectivity index (χ2n) is 4.51. The number of methoxy groups -OCH3 is 1. The predicted octanol–water partition coefficient (Wildman–Crippen LogP) is 2.27. The standard InChI is InChI=1S/C14H22N2O/c1-3-6-12-11-15-9-10-16(12)13-7-4-5-8-14(13)17-2/h4-5,7-8,12,15H,3,6,9-11H2,1-2H3. The largest absolute Gasteiger partial charge is 0.495 e. The number of benzene rings is 1. The molecule has 0 spiro atoms. The second kappa shape index (κ2) is 5.92. The Morgan fingerprint density at radius 1 is 1.41 bits per heavy atom. The normalized spacial score (nSPS) is 20.4. The summed E-state index contributed by atoms with van der Waals surface area (Å²) in [7, 11) is 1.75. The maximum absolute atomic E-state index is 5.46. The molecule has 3 nitrogen and oxygen atoms in total. The molecule has 1 N–H and O–H groups in total. The summed E-state index contributed by atoms with van der Waals surface area (Å²) in [6.45, 7) is 5.43. The smallest absolute Gasteiger partial charge is 0.142 e. The van der Waals surface area contributed by atoms with Crippen molar-refractivity contribution in [2.75, 3.05) is 31.6 Å². The quantitative estimate of drug-likeness (QED) is 0.865. The fraction of sp³-hybridized carbons (Fsp3) is 0.571. The van der Waals surface area contributed by atoms with E-state index in [1.807, 2.05) is 12.1 Å². The third kappa shape index (κ3) is 2.72. The Bertz CT molecular complexity index is 352. The van der Waals surface area contributed by atoms with E-state index < -0.39 is 0 Å². The van der Waals surface area contributed by atoms with E-state index in [1.54, 1.807) is 7.11 Å². The predicted molar refractivity (Wildman–Crippen MR) is 71.9 cm³/mol. The molecule has 0 aliphatic carbocycles. The average molecular weight is 234 g/mol. The molecule has 1 fully saturated rings. The highest BCUT2D eigenvalue weighted by molar-refractivity contribution is 5.59. The molecule has 0 aromatic heterocycles. The Balaban J connectivity index is 2.22. The summed E-state index contributed by atoms with van der Waals surface area (Å²) in [5, 5.41) is 3.47. The highest BCUT2D eigenvalue weighted by Crippen LogP contribution is 2.30. The van der Waals surface area contributed by atoms with Crippen molar-refractivity contribution in [3.05, 3.63) is 24.3 Å². The van der Waals surface area contributed by atoms with E-state index in [1.165, 1.54) is 18.5 Å². The van der Waals surface area contributed by atoms with Gasteiger partial charge in [0.2, 0.25) is 0 Å². The molecule has 17 heavy (non-hydrogen) atoms. The van der Waals surface area contributed by atoms with Gasteiger partial charge in [-0.2, -0.15) is 0 Å². The molecule has 1 aliphatic rings. The van der Waals surface area contributed by atoms with Crippen LogP contribution in [0, 0.1) is 0 Å². The lowest BCUT2D eigenvalue weighted by atomic mass is 10.1. The van der Waals surface area contributed by atoms with Crippen LogP contribution < -0.4 is 15.0 Å². The maximum atomic E-state index is 5.46. The van der Waals surface area contributed by atoms with E-state index in [0.717, 1.165) is 25.4 Å². The van der Waals surface area contributed by atoms with E-state index in [4.69, 9.17) is 4.74 Å². The fourth-order valence-corrected chi connectivity index (χ4v) is 2.54. The zero-order valence-corrected chi connectivity index (χ0v) is 10.8. The SMILES string of the molecule is CCCC1CNCCN1c1ccccc1OC. The van der Waals surface area contributed by atoms with Crippen LogP contribution in [0.2, 0.25) is 0 Å². The lowest BCUT2D eigenvalue weighted by Crippen LogP contribution is -2.51. The number of anilines is 1. The molecular weight excluding hydrogens is 212 g/mol. The van der Waals surface area contributed by atoms with Gasteiger partial charge in [0.1, 0.15) is 5.75 Å². The van der Waals surface area contributed by atoms with Gasteiger partial charge in [0.25, 0.3) is 0 Å². The van der Waals surface area contributed by atoms with Gasteiger partial charge in [-0.05, 0) is 18.6 Å². The summed E-state index contributed by atoms with van der Waals surface area (Å²) < 4.78 is 5.46.